The molecule has 0 amide bonds. The summed E-state index contributed by atoms with van der Waals surface area (Å²) in [4.78, 5) is 42.8. The van der Waals surface area contributed by atoms with Crippen LogP contribution in [-0.4, -0.2) is 41.0 Å². The summed E-state index contributed by atoms with van der Waals surface area (Å²) in [6.45, 7) is 3.59. The molecule has 1 atom stereocenters. The van der Waals surface area contributed by atoms with Crippen molar-refractivity contribution < 1.29 is 37.9 Å². The predicted molar refractivity (Wildman–Crippen MR) is 216 cm³/mol. The summed E-state index contributed by atoms with van der Waals surface area (Å²) in [7, 11) is -4.77. The van der Waals surface area contributed by atoms with Gasteiger partial charge in [-0.2, -0.15) is 0 Å². The van der Waals surface area contributed by atoms with E-state index >= 15 is 0 Å². The molecule has 0 aliphatic carbocycles. The molecule has 0 spiro atoms. The summed E-state index contributed by atoms with van der Waals surface area (Å²) < 4.78 is 26.3. The zero-order valence-corrected chi connectivity index (χ0v) is 33.8. The highest BCUT2D eigenvalue weighted by Gasteiger charge is 2.22. The zero-order valence-electron chi connectivity index (χ0n) is 32.9. The van der Waals surface area contributed by atoms with Gasteiger partial charge >= 0.3 is 19.8 Å². The molecule has 0 aromatic carbocycles. The van der Waals surface area contributed by atoms with Crippen molar-refractivity contribution in [3.63, 3.8) is 0 Å². The van der Waals surface area contributed by atoms with E-state index in [1.54, 1.807) is 0 Å². The minimum absolute atomic E-state index is 0.160. The second kappa shape index (κ2) is 38.5. The van der Waals surface area contributed by atoms with Crippen molar-refractivity contribution in [3.8, 4) is 0 Å². The molecule has 0 rings (SSSR count). The van der Waals surface area contributed by atoms with E-state index in [9.17, 15) is 14.2 Å². The van der Waals surface area contributed by atoms with Crippen molar-refractivity contribution in [1.29, 1.82) is 0 Å². The van der Waals surface area contributed by atoms with Crippen molar-refractivity contribution in [2.24, 2.45) is 0 Å². The number of phosphoric ester groups is 1. The number of hydrogen-bond donors (Lipinski definition) is 2. The van der Waals surface area contributed by atoms with Crippen LogP contribution in [0.2, 0.25) is 0 Å². The molecule has 52 heavy (non-hydrogen) atoms. The molecule has 0 bridgehead atoms. The summed E-state index contributed by atoms with van der Waals surface area (Å²) in [6, 6.07) is 0. The number of ether oxygens (including phenoxy) is 2. The number of esters is 2. The number of rotatable bonds is 37. The molecule has 0 unspecified atom stereocenters. The van der Waals surface area contributed by atoms with E-state index < -0.39 is 32.5 Å². The Balaban J connectivity index is 3.99. The molecule has 0 heterocycles. The van der Waals surface area contributed by atoms with Crippen LogP contribution in [0.1, 0.15) is 181 Å². The van der Waals surface area contributed by atoms with Gasteiger partial charge in [-0.05, 0) is 83.5 Å². The fourth-order valence-electron chi connectivity index (χ4n) is 5.41. The first-order valence-electron chi connectivity index (χ1n) is 20.6. The van der Waals surface area contributed by atoms with Crippen LogP contribution in [0.15, 0.2) is 60.8 Å². The Morgan fingerprint density at radius 2 is 0.865 bits per heavy atom. The highest BCUT2D eigenvalue weighted by atomic mass is 31.2. The average molecular weight is 751 g/mol. The number of carbonyl (C=O) groups is 2. The Kier molecular flexibility index (Phi) is 36.8. The monoisotopic (exact) mass is 751 g/mol. The smallest absolute Gasteiger partial charge is 0.462 e. The van der Waals surface area contributed by atoms with E-state index in [1.165, 1.54) is 77.0 Å². The van der Waals surface area contributed by atoms with Gasteiger partial charge in [0.15, 0.2) is 6.10 Å². The van der Waals surface area contributed by atoms with Crippen molar-refractivity contribution in [2.45, 2.75) is 187 Å². The van der Waals surface area contributed by atoms with Crippen molar-refractivity contribution in [2.75, 3.05) is 13.2 Å². The van der Waals surface area contributed by atoms with Crippen LogP contribution in [0.5, 0.6) is 0 Å². The van der Waals surface area contributed by atoms with Gasteiger partial charge < -0.3 is 19.3 Å². The number of hydrogen-bond acceptors (Lipinski definition) is 6. The van der Waals surface area contributed by atoms with Crippen LogP contribution in [0.4, 0.5) is 0 Å². The molecule has 2 N–H and O–H groups in total. The lowest BCUT2D eigenvalue weighted by Crippen LogP contribution is -2.29. The maximum atomic E-state index is 12.4. The third-order valence-electron chi connectivity index (χ3n) is 8.51. The van der Waals surface area contributed by atoms with Gasteiger partial charge in [0.1, 0.15) is 6.61 Å². The van der Waals surface area contributed by atoms with E-state index in [-0.39, 0.29) is 19.4 Å². The van der Waals surface area contributed by atoms with Crippen LogP contribution in [-0.2, 0) is 28.2 Å². The van der Waals surface area contributed by atoms with Gasteiger partial charge in [0.25, 0.3) is 0 Å². The lowest BCUT2D eigenvalue weighted by Gasteiger charge is -2.18. The summed E-state index contributed by atoms with van der Waals surface area (Å²) in [5, 5.41) is 0. The molecular weight excluding hydrogens is 675 g/mol. The first kappa shape index (κ1) is 49.8. The Hall–Kier alpha value is -2.25. The Labute approximate surface area is 317 Å². The first-order valence-corrected chi connectivity index (χ1v) is 22.1. The highest BCUT2D eigenvalue weighted by Crippen LogP contribution is 2.36. The molecule has 9 heteroatoms. The van der Waals surface area contributed by atoms with Crippen LogP contribution < -0.4 is 0 Å². The standard InChI is InChI=1S/C43H75O8P/c1-3-5-7-9-11-13-15-17-19-20-21-22-24-25-27-29-31-33-35-37-42(44)49-39-41(40-50-52(46,47)48)51-43(45)38-36-34-32-30-28-26-23-18-16-14-12-10-8-6-4-2/h11-14,17-19,23,28,30,41H,3-10,15-16,20-22,24-27,29,31-40H2,1-2H3,(H2,46,47,48)/b13-11-,14-12-,19-17-,23-18-,30-28-/t41-/m1/s1. The fraction of sp³-hybridized carbons (Fsp3) is 0.721. The summed E-state index contributed by atoms with van der Waals surface area (Å²) >= 11 is 0. The summed E-state index contributed by atoms with van der Waals surface area (Å²) in [5.74, 6) is -0.937. The van der Waals surface area contributed by atoms with Crippen molar-refractivity contribution in [3.05, 3.63) is 60.8 Å². The summed E-state index contributed by atoms with van der Waals surface area (Å²) in [6.07, 6.45) is 48.0. The number of carbonyl (C=O) groups excluding carboxylic acids is 2. The molecule has 0 radical (unpaired) electrons. The maximum absolute atomic E-state index is 12.4. The second-order valence-electron chi connectivity index (χ2n) is 13.6. The van der Waals surface area contributed by atoms with Gasteiger partial charge in [-0.3, -0.25) is 14.1 Å². The summed E-state index contributed by atoms with van der Waals surface area (Å²) in [5.41, 5.74) is 0. The average Bonchev–Trinajstić information content (AvgIpc) is 3.11. The lowest BCUT2D eigenvalue weighted by molar-refractivity contribution is -0.161. The zero-order chi connectivity index (χ0) is 38.2. The molecule has 0 saturated carbocycles. The van der Waals surface area contributed by atoms with Crippen LogP contribution in [0.25, 0.3) is 0 Å². The normalized spacial score (nSPS) is 13.1. The van der Waals surface area contributed by atoms with Gasteiger partial charge in [0.2, 0.25) is 0 Å². The van der Waals surface area contributed by atoms with Gasteiger partial charge in [-0.25, -0.2) is 4.57 Å². The van der Waals surface area contributed by atoms with Crippen LogP contribution in [0, 0.1) is 0 Å². The van der Waals surface area contributed by atoms with Gasteiger partial charge in [-0.15, -0.1) is 0 Å². The van der Waals surface area contributed by atoms with E-state index in [0.717, 1.165) is 64.2 Å². The van der Waals surface area contributed by atoms with Crippen LogP contribution >= 0.6 is 7.82 Å². The topological polar surface area (TPSA) is 119 Å². The lowest BCUT2D eigenvalue weighted by atomic mass is 10.1. The SMILES string of the molecule is CCCCC/C=C\C/C=C\C/C=C\CCCCC(=O)O[C@H](COC(=O)CCCCCCCCCCC/C=C\C/C=C\CCCCC)COP(=O)(O)O. The van der Waals surface area contributed by atoms with Crippen molar-refractivity contribution in [1.82, 2.24) is 0 Å². The Bertz CT molecular complexity index is 1030. The fourth-order valence-corrected chi connectivity index (χ4v) is 5.77. The number of phosphoric acid groups is 1. The highest BCUT2D eigenvalue weighted by molar-refractivity contribution is 7.46. The minimum atomic E-state index is -4.77. The molecule has 0 aromatic rings. The molecule has 0 aromatic heterocycles. The van der Waals surface area contributed by atoms with E-state index in [1.807, 2.05) is 0 Å². The first-order chi connectivity index (χ1) is 25.3. The largest absolute Gasteiger partial charge is 0.469 e. The van der Waals surface area contributed by atoms with E-state index in [0.29, 0.717) is 12.8 Å². The van der Waals surface area contributed by atoms with Gasteiger partial charge in [-0.1, -0.05) is 145 Å². The van der Waals surface area contributed by atoms with E-state index in [2.05, 4.69) is 79.1 Å². The molecule has 0 fully saturated rings. The second-order valence-corrected chi connectivity index (χ2v) is 14.8. The molecule has 0 saturated heterocycles. The van der Waals surface area contributed by atoms with Crippen molar-refractivity contribution >= 4 is 19.8 Å². The third-order valence-corrected chi connectivity index (χ3v) is 8.99. The number of allylic oxidation sites excluding steroid dienone is 10. The Morgan fingerprint density at radius 1 is 0.500 bits per heavy atom. The predicted octanol–water partition coefficient (Wildman–Crippen LogP) is 12.5. The molecule has 8 nitrogen and oxygen atoms in total. The van der Waals surface area contributed by atoms with E-state index in [4.69, 9.17) is 19.3 Å². The van der Waals surface area contributed by atoms with Gasteiger partial charge in [0.05, 0.1) is 6.61 Å². The number of unbranched alkanes of at least 4 members (excludes halogenated alkanes) is 17. The molecule has 300 valence electrons. The third kappa shape index (κ3) is 40.5. The molecule has 0 aliphatic rings. The minimum Gasteiger partial charge on any atom is -0.462 e. The maximum Gasteiger partial charge on any atom is 0.469 e. The quantitative estimate of drug-likeness (QED) is 0.0279. The molecular formula is C43H75O8P. The van der Waals surface area contributed by atoms with Gasteiger partial charge in [0, 0.05) is 12.8 Å². The van der Waals surface area contributed by atoms with Crippen LogP contribution in [0.3, 0.4) is 0 Å². The Morgan fingerprint density at radius 3 is 1.33 bits per heavy atom. The molecule has 0 aliphatic heterocycles.